The maximum absolute atomic E-state index is 12.5. The minimum Gasteiger partial charge on any atom is -0.419 e. The molecule has 0 amide bonds. The number of alkyl halides is 3. The molecule has 0 saturated heterocycles. The van der Waals surface area contributed by atoms with Crippen molar-refractivity contribution in [2.75, 3.05) is 11.9 Å². The maximum Gasteiger partial charge on any atom is 0.433 e. The van der Waals surface area contributed by atoms with Gasteiger partial charge in [-0.05, 0) is 19.1 Å². The predicted octanol–water partition coefficient (Wildman–Crippen LogP) is 2.62. The number of carbonyl (C=O) groups is 1. The highest BCUT2D eigenvalue weighted by Crippen LogP contribution is 2.32. The van der Waals surface area contributed by atoms with E-state index in [-0.39, 0.29) is 11.6 Å². The summed E-state index contributed by atoms with van der Waals surface area (Å²) in [5.74, 6) is -0.979. The second kappa shape index (κ2) is 5.52. The lowest BCUT2D eigenvalue weighted by atomic mass is 10.3. The van der Waals surface area contributed by atoms with Crippen molar-refractivity contribution in [3.8, 4) is 5.75 Å². The molecule has 1 aromatic heterocycles. The summed E-state index contributed by atoms with van der Waals surface area (Å²) in [6.45, 7) is 5.22. The van der Waals surface area contributed by atoms with Crippen LogP contribution in [-0.4, -0.2) is 17.5 Å². The number of aromatic nitrogens is 1. The summed E-state index contributed by atoms with van der Waals surface area (Å²) in [7, 11) is 0. The van der Waals surface area contributed by atoms with Gasteiger partial charge in [0.15, 0.2) is 11.6 Å². The average molecular weight is 260 g/mol. The highest BCUT2D eigenvalue weighted by Gasteiger charge is 2.33. The second-order valence-corrected chi connectivity index (χ2v) is 3.20. The van der Waals surface area contributed by atoms with E-state index in [1.807, 2.05) is 0 Å². The summed E-state index contributed by atoms with van der Waals surface area (Å²) in [5.41, 5.74) is -1.06. The van der Waals surface area contributed by atoms with Crippen LogP contribution < -0.4 is 10.1 Å². The van der Waals surface area contributed by atoms with Crippen LogP contribution in [-0.2, 0) is 11.0 Å². The third kappa shape index (κ3) is 3.47. The first-order valence-corrected chi connectivity index (χ1v) is 5.04. The molecule has 4 nitrogen and oxygen atoms in total. The van der Waals surface area contributed by atoms with Crippen LogP contribution in [0.3, 0.4) is 0 Å². The van der Waals surface area contributed by atoms with E-state index in [0.29, 0.717) is 6.54 Å². The molecular formula is C11H11F3N2O2. The summed E-state index contributed by atoms with van der Waals surface area (Å²) < 4.78 is 42.1. The SMILES string of the molecule is C=CC(=O)Oc1ccc(C(F)(F)F)nc1NCC. The van der Waals surface area contributed by atoms with Crippen LogP contribution in [0.4, 0.5) is 19.0 Å². The van der Waals surface area contributed by atoms with Crippen molar-refractivity contribution in [2.24, 2.45) is 0 Å². The van der Waals surface area contributed by atoms with E-state index in [1.165, 1.54) is 0 Å². The molecule has 1 aromatic rings. The summed E-state index contributed by atoms with van der Waals surface area (Å²) in [4.78, 5) is 14.4. The zero-order valence-electron chi connectivity index (χ0n) is 9.54. The van der Waals surface area contributed by atoms with E-state index in [4.69, 9.17) is 4.74 Å². The first kappa shape index (κ1) is 14.0. The highest BCUT2D eigenvalue weighted by molar-refractivity contribution is 5.84. The normalized spacial score (nSPS) is 10.9. The Morgan fingerprint density at radius 2 is 2.22 bits per heavy atom. The van der Waals surface area contributed by atoms with Crippen LogP contribution >= 0.6 is 0 Å². The number of nitrogens with zero attached hydrogens (tertiary/aromatic N) is 1. The first-order chi connectivity index (χ1) is 8.38. The van der Waals surface area contributed by atoms with Crippen LogP contribution in [0.1, 0.15) is 12.6 Å². The number of esters is 1. The molecule has 0 saturated carbocycles. The number of ether oxygens (including phenoxy) is 1. The molecule has 1 rings (SSSR count). The van der Waals surface area contributed by atoms with E-state index in [0.717, 1.165) is 18.2 Å². The number of nitrogens with one attached hydrogen (secondary N) is 1. The summed E-state index contributed by atoms with van der Waals surface area (Å²) in [6.07, 6.45) is -3.64. The van der Waals surface area contributed by atoms with E-state index >= 15 is 0 Å². The van der Waals surface area contributed by atoms with Crippen molar-refractivity contribution in [1.82, 2.24) is 4.98 Å². The van der Waals surface area contributed by atoms with Crippen molar-refractivity contribution >= 4 is 11.8 Å². The van der Waals surface area contributed by atoms with E-state index in [1.54, 1.807) is 6.92 Å². The van der Waals surface area contributed by atoms with Gasteiger partial charge in [-0.3, -0.25) is 0 Å². The zero-order chi connectivity index (χ0) is 13.8. The topological polar surface area (TPSA) is 51.2 Å². The molecule has 0 aliphatic heterocycles. The molecule has 0 fully saturated rings. The molecule has 0 aromatic carbocycles. The van der Waals surface area contributed by atoms with Gasteiger partial charge in [-0.15, -0.1) is 0 Å². The third-order valence-corrected chi connectivity index (χ3v) is 1.87. The lowest BCUT2D eigenvalue weighted by Gasteiger charge is -2.12. The molecular weight excluding hydrogens is 249 g/mol. The minimum absolute atomic E-state index is 0.0743. The number of hydrogen-bond donors (Lipinski definition) is 1. The first-order valence-electron chi connectivity index (χ1n) is 5.04. The van der Waals surface area contributed by atoms with Gasteiger partial charge in [0.05, 0.1) is 0 Å². The molecule has 7 heteroatoms. The van der Waals surface area contributed by atoms with Gasteiger partial charge < -0.3 is 10.1 Å². The Morgan fingerprint density at radius 1 is 1.56 bits per heavy atom. The molecule has 0 spiro atoms. The molecule has 0 radical (unpaired) electrons. The summed E-state index contributed by atoms with van der Waals surface area (Å²) in [5, 5.41) is 2.60. The quantitative estimate of drug-likeness (QED) is 0.668. The van der Waals surface area contributed by atoms with Gasteiger partial charge in [-0.2, -0.15) is 13.2 Å². The lowest BCUT2D eigenvalue weighted by Crippen LogP contribution is -2.13. The van der Waals surface area contributed by atoms with Gasteiger partial charge in [0.25, 0.3) is 0 Å². The summed E-state index contributed by atoms with van der Waals surface area (Å²) in [6, 6.07) is 1.78. The summed E-state index contributed by atoms with van der Waals surface area (Å²) >= 11 is 0. The van der Waals surface area contributed by atoms with Gasteiger partial charge in [-0.1, -0.05) is 6.58 Å². The highest BCUT2D eigenvalue weighted by atomic mass is 19.4. The molecule has 1 N–H and O–H groups in total. The number of hydrogen-bond acceptors (Lipinski definition) is 4. The molecule has 18 heavy (non-hydrogen) atoms. The fourth-order valence-corrected chi connectivity index (χ4v) is 1.13. The van der Waals surface area contributed by atoms with Crippen molar-refractivity contribution in [3.63, 3.8) is 0 Å². The predicted molar refractivity (Wildman–Crippen MR) is 59.2 cm³/mol. The zero-order valence-corrected chi connectivity index (χ0v) is 9.54. The number of halogens is 3. The van der Waals surface area contributed by atoms with Crippen molar-refractivity contribution < 1.29 is 22.7 Å². The maximum atomic E-state index is 12.5. The Labute approximate surface area is 101 Å². The smallest absolute Gasteiger partial charge is 0.419 e. The number of anilines is 1. The van der Waals surface area contributed by atoms with Gasteiger partial charge in [0.1, 0.15) is 5.69 Å². The van der Waals surface area contributed by atoms with Crippen molar-refractivity contribution in [3.05, 3.63) is 30.5 Å². The Hall–Kier alpha value is -2.05. The molecule has 1 heterocycles. The standard InChI is InChI=1S/C11H11F3N2O2/c1-3-9(17)18-7-5-6-8(11(12,13)14)16-10(7)15-4-2/h3,5-6H,1,4H2,2H3,(H,15,16). The van der Waals surface area contributed by atoms with Crippen molar-refractivity contribution in [1.29, 1.82) is 0 Å². The van der Waals surface area contributed by atoms with Crippen LogP contribution in [0, 0.1) is 0 Å². The average Bonchev–Trinajstić information content (AvgIpc) is 2.30. The van der Waals surface area contributed by atoms with E-state index in [9.17, 15) is 18.0 Å². The van der Waals surface area contributed by atoms with Crippen LogP contribution in [0.25, 0.3) is 0 Å². The Bertz CT molecular complexity index is 458. The Morgan fingerprint density at radius 3 is 2.72 bits per heavy atom. The number of carbonyl (C=O) groups excluding carboxylic acids is 1. The second-order valence-electron chi connectivity index (χ2n) is 3.20. The largest absolute Gasteiger partial charge is 0.433 e. The molecule has 0 atom stereocenters. The Kier molecular flexibility index (Phi) is 4.30. The van der Waals surface area contributed by atoms with Crippen LogP contribution in [0.5, 0.6) is 5.75 Å². The molecule has 0 aliphatic carbocycles. The molecule has 0 bridgehead atoms. The van der Waals surface area contributed by atoms with Crippen LogP contribution in [0.15, 0.2) is 24.8 Å². The molecule has 0 unspecified atom stereocenters. The fourth-order valence-electron chi connectivity index (χ4n) is 1.13. The molecule has 98 valence electrons. The van der Waals surface area contributed by atoms with Gasteiger partial charge >= 0.3 is 12.1 Å². The van der Waals surface area contributed by atoms with E-state index in [2.05, 4.69) is 16.9 Å². The Balaban J connectivity index is 3.11. The lowest BCUT2D eigenvalue weighted by molar-refractivity contribution is -0.141. The van der Waals surface area contributed by atoms with Gasteiger partial charge in [0.2, 0.25) is 0 Å². The number of rotatable bonds is 4. The minimum atomic E-state index is -4.55. The van der Waals surface area contributed by atoms with Crippen LogP contribution in [0.2, 0.25) is 0 Å². The van der Waals surface area contributed by atoms with Gasteiger partial charge in [0, 0.05) is 12.6 Å². The van der Waals surface area contributed by atoms with E-state index < -0.39 is 17.8 Å². The third-order valence-electron chi connectivity index (χ3n) is 1.87. The fraction of sp³-hybridized carbons (Fsp3) is 0.273. The monoisotopic (exact) mass is 260 g/mol. The molecule has 0 aliphatic rings. The van der Waals surface area contributed by atoms with Gasteiger partial charge in [-0.25, -0.2) is 9.78 Å². The number of pyridine rings is 1. The van der Waals surface area contributed by atoms with Crippen molar-refractivity contribution in [2.45, 2.75) is 13.1 Å².